The topological polar surface area (TPSA) is 21.3 Å². The predicted octanol–water partition coefficient (Wildman–Crippen LogP) is 3.62. The van der Waals surface area contributed by atoms with Crippen molar-refractivity contribution in [1.29, 1.82) is 0 Å². The largest absolute Gasteiger partial charge is 0.375 e. The Kier molecular flexibility index (Phi) is 3.83. The van der Waals surface area contributed by atoms with Crippen LogP contribution in [0.1, 0.15) is 51.0 Å². The van der Waals surface area contributed by atoms with E-state index >= 15 is 0 Å². The number of benzene rings is 1. The van der Waals surface area contributed by atoms with Crippen molar-refractivity contribution in [3.05, 3.63) is 35.6 Å². The highest BCUT2D eigenvalue weighted by Crippen LogP contribution is 2.38. The molecule has 110 valence electrons. The molecule has 1 aromatic carbocycles. The summed E-state index contributed by atoms with van der Waals surface area (Å²) in [6, 6.07) is 8.20. The minimum atomic E-state index is -0.120. The Morgan fingerprint density at radius 2 is 2.05 bits per heavy atom. The molecule has 1 aliphatic carbocycles. The van der Waals surface area contributed by atoms with Gasteiger partial charge in [0.15, 0.2) is 0 Å². The summed E-state index contributed by atoms with van der Waals surface area (Å²) in [6.07, 6.45) is 4.43. The summed E-state index contributed by atoms with van der Waals surface area (Å²) >= 11 is 0. The summed E-state index contributed by atoms with van der Waals surface area (Å²) < 4.78 is 19.0. The first kappa shape index (κ1) is 14.0. The zero-order valence-electron chi connectivity index (χ0n) is 12.4. The van der Waals surface area contributed by atoms with Crippen molar-refractivity contribution in [1.82, 2.24) is 5.32 Å². The molecule has 1 unspecified atom stereocenters. The van der Waals surface area contributed by atoms with E-state index < -0.39 is 0 Å². The molecule has 1 saturated heterocycles. The van der Waals surface area contributed by atoms with Gasteiger partial charge >= 0.3 is 0 Å². The number of halogens is 1. The van der Waals surface area contributed by atoms with Crippen molar-refractivity contribution < 1.29 is 9.13 Å². The Morgan fingerprint density at radius 3 is 2.75 bits per heavy atom. The average molecular weight is 277 g/mol. The predicted molar refractivity (Wildman–Crippen MR) is 78.4 cm³/mol. The molecule has 0 amide bonds. The monoisotopic (exact) mass is 277 g/mol. The molecule has 2 aliphatic rings. The highest BCUT2D eigenvalue weighted by Gasteiger charge is 2.35. The van der Waals surface area contributed by atoms with E-state index in [0.717, 1.165) is 37.9 Å². The van der Waals surface area contributed by atoms with Crippen LogP contribution in [0.4, 0.5) is 4.39 Å². The van der Waals surface area contributed by atoms with Crippen LogP contribution in [0.15, 0.2) is 24.3 Å². The Hall–Kier alpha value is -0.930. The Morgan fingerprint density at radius 1 is 1.25 bits per heavy atom. The van der Waals surface area contributed by atoms with Crippen LogP contribution >= 0.6 is 0 Å². The van der Waals surface area contributed by atoms with Crippen molar-refractivity contribution in [2.75, 3.05) is 6.61 Å². The van der Waals surface area contributed by atoms with E-state index in [-0.39, 0.29) is 11.4 Å². The molecular weight excluding hydrogens is 253 g/mol. The van der Waals surface area contributed by atoms with Crippen molar-refractivity contribution in [3.63, 3.8) is 0 Å². The molecule has 1 aromatic rings. The minimum Gasteiger partial charge on any atom is -0.375 e. The standard InChI is InChI=1S/C17H24FNO/c1-17(2)11-15(6-7-20-17)19-16-9-13(10-16)12-4-3-5-14(18)8-12/h3-5,8,13,15-16,19H,6-7,9-11H2,1-2H3. The molecule has 20 heavy (non-hydrogen) atoms. The lowest BCUT2D eigenvalue weighted by atomic mass is 9.75. The molecule has 1 N–H and O–H groups in total. The molecule has 3 rings (SSSR count). The molecule has 1 heterocycles. The molecular formula is C17H24FNO. The van der Waals surface area contributed by atoms with Gasteiger partial charge in [-0.2, -0.15) is 0 Å². The van der Waals surface area contributed by atoms with Crippen LogP contribution in [-0.2, 0) is 4.74 Å². The fraction of sp³-hybridized carbons (Fsp3) is 0.647. The number of rotatable bonds is 3. The van der Waals surface area contributed by atoms with E-state index in [1.54, 1.807) is 6.07 Å². The first-order chi connectivity index (χ1) is 9.52. The molecule has 1 aliphatic heterocycles. The molecule has 0 spiro atoms. The van der Waals surface area contributed by atoms with Gasteiger partial charge in [-0.1, -0.05) is 12.1 Å². The highest BCUT2D eigenvalue weighted by atomic mass is 19.1. The van der Waals surface area contributed by atoms with Gasteiger partial charge in [-0.3, -0.25) is 0 Å². The van der Waals surface area contributed by atoms with Crippen LogP contribution in [0.5, 0.6) is 0 Å². The second kappa shape index (κ2) is 5.45. The molecule has 0 aromatic heterocycles. The van der Waals surface area contributed by atoms with E-state index in [0.29, 0.717) is 18.0 Å². The van der Waals surface area contributed by atoms with Crippen molar-refractivity contribution in [2.24, 2.45) is 0 Å². The molecule has 1 atom stereocenters. The SMILES string of the molecule is CC1(C)CC(NC2CC(c3cccc(F)c3)C2)CCO1. The maximum atomic E-state index is 13.2. The van der Waals surface area contributed by atoms with Crippen molar-refractivity contribution in [3.8, 4) is 0 Å². The third-order valence-electron chi connectivity index (χ3n) is 4.63. The fourth-order valence-electron chi connectivity index (χ4n) is 3.49. The van der Waals surface area contributed by atoms with Gasteiger partial charge in [0.05, 0.1) is 5.60 Å². The van der Waals surface area contributed by atoms with E-state index in [4.69, 9.17) is 4.74 Å². The van der Waals surface area contributed by atoms with Crippen LogP contribution < -0.4 is 5.32 Å². The van der Waals surface area contributed by atoms with Gasteiger partial charge in [0.2, 0.25) is 0 Å². The molecule has 0 radical (unpaired) electrons. The lowest BCUT2D eigenvalue weighted by Gasteiger charge is -2.42. The smallest absolute Gasteiger partial charge is 0.123 e. The Labute approximate surface area is 120 Å². The molecule has 3 heteroatoms. The van der Waals surface area contributed by atoms with Gasteiger partial charge in [-0.15, -0.1) is 0 Å². The minimum absolute atomic E-state index is 0.00161. The second-order valence-corrected chi connectivity index (χ2v) is 6.88. The molecule has 1 saturated carbocycles. The van der Waals surface area contributed by atoms with E-state index in [2.05, 4.69) is 19.2 Å². The van der Waals surface area contributed by atoms with Crippen LogP contribution in [0, 0.1) is 5.82 Å². The molecule has 2 fully saturated rings. The quantitative estimate of drug-likeness (QED) is 0.911. The van der Waals surface area contributed by atoms with Gasteiger partial charge in [0, 0.05) is 18.7 Å². The average Bonchev–Trinajstić information content (AvgIpc) is 2.32. The normalized spacial score (nSPS) is 32.6. The maximum Gasteiger partial charge on any atom is 0.123 e. The van der Waals surface area contributed by atoms with Gasteiger partial charge < -0.3 is 10.1 Å². The first-order valence-electron chi connectivity index (χ1n) is 7.67. The maximum absolute atomic E-state index is 13.2. The zero-order valence-corrected chi connectivity index (χ0v) is 12.4. The second-order valence-electron chi connectivity index (χ2n) is 6.88. The lowest BCUT2D eigenvalue weighted by Crippen LogP contribution is -2.50. The summed E-state index contributed by atoms with van der Waals surface area (Å²) in [5.41, 5.74) is 1.15. The summed E-state index contributed by atoms with van der Waals surface area (Å²) in [6.45, 7) is 5.18. The summed E-state index contributed by atoms with van der Waals surface area (Å²) in [7, 11) is 0. The van der Waals surface area contributed by atoms with Crippen molar-refractivity contribution in [2.45, 2.75) is 63.1 Å². The van der Waals surface area contributed by atoms with E-state index in [1.165, 1.54) is 6.07 Å². The van der Waals surface area contributed by atoms with Crippen molar-refractivity contribution >= 4 is 0 Å². The molecule has 2 nitrogen and oxygen atoms in total. The molecule has 0 bridgehead atoms. The van der Waals surface area contributed by atoms with Gasteiger partial charge in [0.25, 0.3) is 0 Å². The first-order valence-corrected chi connectivity index (χ1v) is 7.67. The summed E-state index contributed by atoms with van der Waals surface area (Å²) in [5, 5.41) is 3.75. The Bertz CT molecular complexity index is 468. The number of hydrogen-bond acceptors (Lipinski definition) is 2. The third kappa shape index (κ3) is 3.21. The van der Waals surface area contributed by atoms with Crippen LogP contribution in [-0.4, -0.2) is 24.3 Å². The van der Waals surface area contributed by atoms with Crippen LogP contribution in [0.3, 0.4) is 0 Å². The van der Waals surface area contributed by atoms with Crippen LogP contribution in [0.25, 0.3) is 0 Å². The summed E-state index contributed by atoms with van der Waals surface area (Å²) in [5.74, 6) is 0.404. The summed E-state index contributed by atoms with van der Waals surface area (Å²) in [4.78, 5) is 0. The zero-order chi connectivity index (χ0) is 14.2. The van der Waals surface area contributed by atoms with Gasteiger partial charge in [-0.05, 0) is 63.1 Å². The fourth-order valence-corrected chi connectivity index (χ4v) is 3.49. The number of nitrogens with one attached hydrogen (secondary N) is 1. The van der Waals surface area contributed by atoms with E-state index in [9.17, 15) is 4.39 Å². The van der Waals surface area contributed by atoms with Crippen LogP contribution in [0.2, 0.25) is 0 Å². The number of ether oxygens (including phenoxy) is 1. The van der Waals surface area contributed by atoms with Gasteiger partial charge in [0.1, 0.15) is 5.82 Å². The highest BCUT2D eigenvalue weighted by molar-refractivity contribution is 5.23. The number of hydrogen-bond donors (Lipinski definition) is 1. The Balaban J connectivity index is 1.49. The third-order valence-corrected chi connectivity index (χ3v) is 4.63. The lowest BCUT2D eigenvalue weighted by molar-refractivity contribution is -0.0655. The van der Waals surface area contributed by atoms with Gasteiger partial charge in [-0.25, -0.2) is 4.39 Å². The van der Waals surface area contributed by atoms with E-state index in [1.807, 2.05) is 12.1 Å².